The van der Waals surface area contributed by atoms with Crippen LogP contribution < -0.4 is 10.6 Å². The Morgan fingerprint density at radius 2 is 0.787 bits per heavy atom. The van der Waals surface area contributed by atoms with Gasteiger partial charge >= 0.3 is 5.97 Å². The second-order valence-electron chi connectivity index (χ2n) is 35.4. The van der Waals surface area contributed by atoms with Gasteiger partial charge in [0.25, 0.3) is 5.79 Å². The van der Waals surface area contributed by atoms with E-state index in [-0.39, 0.29) is 12.8 Å². The van der Waals surface area contributed by atoms with Crippen LogP contribution in [0.15, 0.2) is 0 Å². The molecule has 0 radical (unpaired) electrons. The van der Waals surface area contributed by atoms with Gasteiger partial charge in [0, 0.05) is 13.3 Å². The van der Waals surface area contributed by atoms with E-state index in [1.807, 2.05) is 0 Å². The first-order chi connectivity index (χ1) is 60.7. The number of ether oxygens (including phenoxy) is 14. The van der Waals surface area contributed by atoms with E-state index in [9.17, 15) is 137 Å². The van der Waals surface area contributed by atoms with Crippen molar-refractivity contribution in [3.63, 3.8) is 0 Å². The molecule has 127 heavy (non-hydrogen) atoms. The molecule has 0 aliphatic carbocycles. The average Bonchev–Trinajstić information content (AvgIpc) is 1.18. The molecule has 43 nitrogen and oxygen atoms in total. The Hall–Kier alpha value is -3.07. The van der Waals surface area contributed by atoms with Crippen molar-refractivity contribution in [2.45, 2.75) is 453 Å². The number of unbranched alkanes of at least 4 members (excludes halogenated alkanes) is 24. The van der Waals surface area contributed by atoms with E-state index >= 15 is 0 Å². The van der Waals surface area contributed by atoms with Gasteiger partial charge in [-0.3, -0.25) is 9.59 Å². The number of hydrogen-bond acceptors (Lipinski definition) is 40. The summed E-state index contributed by atoms with van der Waals surface area (Å²) in [6, 6.07) is -3.54. The smallest absolute Gasteiger partial charge is 0.364 e. The van der Waals surface area contributed by atoms with Crippen molar-refractivity contribution in [1.29, 1.82) is 0 Å². The van der Waals surface area contributed by atoms with Crippen LogP contribution in [0.4, 0.5) is 0 Å². The van der Waals surface area contributed by atoms with Gasteiger partial charge in [0.1, 0.15) is 165 Å². The number of carboxylic acid groups (broad SMARTS) is 1. The molecule has 0 aromatic heterocycles. The number of carboxylic acids is 1. The van der Waals surface area contributed by atoms with Crippen molar-refractivity contribution in [1.82, 2.24) is 10.6 Å². The van der Waals surface area contributed by atoms with E-state index in [0.717, 1.165) is 90.4 Å². The first kappa shape index (κ1) is 111. The predicted octanol–water partition coefficient (Wildman–Crippen LogP) is -5.07. The van der Waals surface area contributed by atoms with Crippen LogP contribution in [-0.4, -0.2) is 426 Å². The number of amides is 2. The normalized spacial score (nSPS) is 37.6. The van der Waals surface area contributed by atoms with Gasteiger partial charge in [0.05, 0.1) is 77.1 Å². The predicted molar refractivity (Wildman–Crippen MR) is 437 cm³/mol. The van der Waals surface area contributed by atoms with Crippen LogP contribution in [0.5, 0.6) is 0 Å². The van der Waals surface area contributed by atoms with Gasteiger partial charge in [-0.2, -0.15) is 0 Å². The molecule has 0 unspecified atom stereocenters. The van der Waals surface area contributed by atoms with Crippen molar-refractivity contribution in [3.8, 4) is 0 Å². The number of aliphatic hydroxyl groups excluding tert-OH is 23. The highest BCUT2D eigenvalue weighted by atomic mass is 16.8. The Morgan fingerprint density at radius 3 is 1.24 bits per heavy atom. The van der Waals surface area contributed by atoms with Crippen LogP contribution in [0.3, 0.4) is 0 Å². The third-order valence-corrected chi connectivity index (χ3v) is 24.9. The molecule has 0 saturated carbocycles. The van der Waals surface area contributed by atoms with Crippen molar-refractivity contribution in [2.24, 2.45) is 5.92 Å². The lowest BCUT2D eigenvalue weighted by Crippen LogP contribution is -2.72. The van der Waals surface area contributed by atoms with E-state index in [4.69, 9.17) is 66.3 Å². The van der Waals surface area contributed by atoms with Crippen LogP contribution in [-0.2, 0) is 80.7 Å². The summed E-state index contributed by atoms with van der Waals surface area (Å²) < 4.78 is 81.9. The summed E-state index contributed by atoms with van der Waals surface area (Å²) in [6.07, 6.45) is -44.0. The summed E-state index contributed by atoms with van der Waals surface area (Å²) in [5.41, 5.74) is 0. The van der Waals surface area contributed by atoms with Crippen molar-refractivity contribution in [3.05, 3.63) is 0 Å². The van der Waals surface area contributed by atoms with Gasteiger partial charge in [-0.1, -0.05) is 194 Å². The Labute approximate surface area is 740 Å². The van der Waals surface area contributed by atoms with Gasteiger partial charge < -0.3 is 200 Å². The SMILES string of the molecule is CCCCCCCCCCCCCCCCCCCC[C@@H](O)C(=O)N[C@@H](CO[C@@H]1O[C@H](CO)[C@@H](O[C@@H]2O[C@H](CO)[C@H](O)[C@H](O[C@]3(C(=O)O)C[C@H](O[C@H]4O[C@H](CO[C@H]5O[C@H](CO)[C@H](O)[C@H](O[C@@H]6O[C@@H](CO)[C@H](O)[C@H]6O)[C@H]5O)[C@H](O)[C@H](O[C@@H]5O[C@@H](CO)[C@H](O)[C@H]5O)[C@H]4O)[C@@H](NC(C)=O)[C@H]([C@H](O)[C@H](O)CO)O3)[C@H]2O)[C@H](O)[C@H]1O)[C@H](O)[C@H](O)CCCCCCCCCCC(C)C. The molecule has 744 valence electrons. The van der Waals surface area contributed by atoms with E-state index in [0.29, 0.717) is 18.8 Å². The topological polar surface area (TPSA) is 690 Å². The molecule has 7 saturated heterocycles. The van der Waals surface area contributed by atoms with E-state index in [2.05, 4.69) is 31.4 Å². The molecule has 0 aromatic rings. The lowest BCUT2D eigenvalue weighted by Gasteiger charge is -2.52. The molecule has 7 aliphatic heterocycles. The second-order valence-corrected chi connectivity index (χ2v) is 35.4. The zero-order valence-corrected chi connectivity index (χ0v) is 73.5. The molecule has 7 aliphatic rings. The fraction of sp³-hybridized carbons (Fsp3) is 0.964. The van der Waals surface area contributed by atoms with Gasteiger partial charge in [0.2, 0.25) is 11.8 Å². The van der Waals surface area contributed by atoms with Crippen LogP contribution in [0.25, 0.3) is 0 Å². The highest BCUT2D eigenvalue weighted by molar-refractivity contribution is 5.80. The summed E-state index contributed by atoms with van der Waals surface area (Å²) in [5, 5.41) is 273. The molecule has 2 amide bonds. The average molecular weight is 1850 g/mol. The maximum Gasteiger partial charge on any atom is 0.364 e. The Kier molecular flexibility index (Phi) is 49.3. The first-order valence-electron chi connectivity index (χ1n) is 45.8. The molecular weight excluding hydrogens is 1690 g/mol. The number of carbonyl (C=O) groups excluding carboxylic acids is 2. The number of aliphatic carboxylic acids is 1. The highest BCUT2D eigenvalue weighted by Gasteiger charge is 2.63. The van der Waals surface area contributed by atoms with Crippen LogP contribution in [0.1, 0.15) is 220 Å². The second kappa shape index (κ2) is 56.5. The number of nitrogens with one attached hydrogen (secondary N) is 2. The lowest BCUT2D eigenvalue weighted by atomic mass is 9.87. The van der Waals surface area contributed by atoms with Gasteiger partial charge in [0.15, 0.2) is 37.7 Å². The molecular formula is C84H152N2O41. The summed E-state index contributed by atoms with van der Waals surface area (Å²) in [5.74, 6) is -7.12. The Morgan fingerprint density at radius 1 is 0.409 bits per heavy atom. The maximum absolute atomic E-state index is 14.2. The minimum atomic E-state index is -3.56. The number of aliphatic hydroxyl groups is 23. The van der Waals surface area contributed by atoms with E-state index < -0.39 is 310 Å². The summed E-state index contributed by atoms with van der Waals surface area (Å²) in [7, 11) is 0. The Balaban J connectivity index is 1.07. The summed E-state index contributed by atoms with van der Waals surface area (Å²) >= 11 is 0. The number of rotatable bonds is 60. The third kappa shape index (κ3) is 32.0. The minimum absolute atomic E-state index is 0.0612. The molecule has 7 rings (SSSR count). The molecule has 0 aromatic carbocycles. The van der Waals surface area contributed by atoms with Crippen molar-refractivity contribution >= 4 is 17.8 Å². The molecule has 43 heteroatoms. The standard InChI is InChI=1S/C84H152N2O41/c1-5-6-7-8-9-10-11-12-13-14-15-16-17-18-19-24-27-30-33-47(95)76(111)86-45(57(97)46(94)32-29-26-23-21-20-22-25-28-31-43(2)3)41-114-77-67(107)64(104)71(54(40-92)121-77)123-82-70(110)75(62(102)53(39-91)120-82)127-84(83(112)113)34-49(56(85-44(4)93)72(126-84)58(98)48(96)35-87)116-81-69(109)74(125-80-66(106)60(100)51(37-89)119-80)63(103)55(122-81)42-115-78-68(108)73(61(101)52(38-90)117-78)124-79-65(105)59(99)50(36-88)118-79/h43,45-75,77-82,87-92,94-110H,5-42H2,1-4H3,(H,85,93)(H,86,111)(H,112,113)/t45-,46+,47+,48+,49-,50-,51-,52+,53+,54+,55+,56+,57-,58+,59-,60-,61-,62-,63-,64+,65+,66+,67+,68+,69+,70+,71+,72+,73-,74-,75-,77+,78-,79-,80-,81-,82-,84-/m0/s1. The Bertz CT molecular complexity index is 3030. The van der Waals surface area contributed by atoms with Crippen LogP contribution in [0.2, 0.25) is 0 Å². The van der Waals surface area contributed by atoms with E-state index in [1.165, 1.54) is 77.0 Å². The third-order valence-electron chi connectivity index (χ3n) is 24.9. The zero-order chi connectivity index (χ0) is 93.4. The highest BCUT2D eigenvalue weighted by Crippen LogP contribution is 2.43. The summed E-state index contributed by atoms with van der Waals surface area (Å²) in [4.78, 5) is 41.3. The lowest BCUT2D eigenvalue weighted by molar-refractivity contribution is -0.394. The van der Waals surface area contributed by atoms with E-state index in [1.54, 1.807) is 0 Å². The fourth-order valence-corrected chi connectivity index (χ4v) is 17.2. The number of hydrogen-bond donors (Lipinski definition) is 26. The first-order valence-corrected chi connectivity index (χ1v) is 45.8. The molecule has 38 atom stereocenters. The van der Waals surface area contributed by atoms with Crippen molar-refractivity contribution < 1.29 is 203 Å². The molecule has 0 bridgehead atoms. The molecule has 7 fully saturated rings. The monoisotopic (exact) mass is 1840 g/mol. The summed E-state index contributed by atoms with van der Waals surface area (Å²) in [6.45, 7) is -0.767. The fourth-order valence-electron chi connectivity index (χ4n) is 17.2. The molecule has 26 N–H and O–H groups in total. The molecule has 0 spiro atoms. The van der Waals surface area contributed by atoms with Gasteiger partial charge in [-0.05, 0) is 18.8 Å². The van der Waals surface area contributed by atoms with Crippen molar-refractivity contribution in [2.75, 3.05) is 52.9 Å². The zero-order valence-electron chi connectivity index (χ0n) is 73.5. The number of carbonyl (C=O) groups is 3. The molecule has 7 heterocycles. The van der Waals surface area contributed by atoms with Crippen LogP contribution in [0, 0.1) is 5.92 Å². The largest absolute Gasteiger partial charge is 0.477 e. The van der Waals surface area contributed by atoms with Gasteiger partial charge in [-0.25, -0.2) is 4.79 Å². The quantitative estimate of drug-likeness (QED) is 0.0253. The van der Waals surface area contributed by atoms with Gasteiger partial charge in [-0.15, -0.1) is 0 Å². The maximum atomic E-state index is 14.2. The van der Waals surface area contributed by atoms with Crippen LogP contribution >= 0.6 is 0 Å². The minimum Gasteiger partial charge on any atom is -0.477 e.